The molecule has 0 aliphatic carbocycles. The number of carbonyl (C=O) groups excluding carboxylic acids is 2. The molecule has 0 unspecified atom stereocenters. The Morgan fingerprint density at radius 3 is 2.50 bits per heavy atom. The van der Waals surface area contributed by atoms with Gasteiger partial charge < -0.3 is 15.1 Å². The summed E-state index contributed by atoms with van der Waals surface area (Å²) >= 11 is 0. The number of nitrogens with one attached hydrogen (secondary N) is 1. The highest BCUT2D eigenvalue weighted by Crippen LogP contribution is 2.13. The fourth-order valence-electron chi connectivity index (χ4n) is 2.67. The molecule has 0 spiro atoms. The average Bonchev–Trinajstić information content (AvgIpc) is 2.57. The summed E-state index contributed by atoms with van der Waals surface area (Å²) in [5, 5.41) is 3.00. The lowest BCUT2D eigenvalue weighted by molar-refractivity contribution is 0.0906. The molecule has 120 valence electrons. The van der Waals surface area contributed by atoms with Gasteiger partial charge in [-0.1, -0.05) is 6.07 Å². The van der Waals surface area contributed by atoms with Gasteiger partial charge in [0.15, 0.2) is 0 Å². The Labute approximate surface area is 131 Å². The third-order valence-corrected chi connectivity index (χ3v) is 4.03. The van der Waals surface area contributed by atoms with Crippen LogP contribution in [0.25, 0.3) is 0 Å². The zero-order valence-corrected chi connectivity index (χ0v) is 13.3. The van der Waals surface area contributed by atoms with E-state index >= 15 is 0 Å². The zero-order valence-electron chi connectivity index (χ0n) is 13.3. The summed E-state index contributed by atoms with van der Waals surface area (Å²) in [4.78, 5) is 32.1. The summed E-state index contributed by atoms with van der Waals surface area (Å²) in [6, 6.07) is 5.49. The van der Waals surface area contributed by atoms with Crippen LogP contribution in [0.2, 0.25) is 0 Å². The minimum Gasteiger partial charge on any atom is -0.348 e. The Balaban J connectivity index is 1.82. The van der Waals surface area contributed by atoms with E-state index in [-0.39, 0.29) is 18.0 Å². The van der Waals surface area contributed by atoms with Crippen molar-refractivity contribution >= 4 is 11.9 Å². The molecule has 6 nitrogen and oxygen atoms in total. The smallest absolute Gasteiger partial charge is 0.319 e. The standard InChI is InChI=1S/C16H24N4O2/c1-3-19(4-2)16(22)20-11-8-13(9-12-20)18-15(21)14-7-5-6-10-17-14/h5-7,10,13H,3-4,8-9,11-12H2,1-2H3,(H,18,21). The largest absolute Gasteiger partial charge is 0.348 e. The van der Waals surface area contributed by atoms with Crippen molar-refractivity contribution in [3.8, 4) is 0 Å². The van der Waals surface area contributed by atoms with Gasteiger partial charge in [0.1, 0.15) is 5.69 Å². The van der Waals surface area contributed by atoms with Crippen molar-refractivity contribution in [3.05, 3.63) is 30.1 Å². The van der Waals surface area contributed by atoms with Crippen LogP contribution in [0, 0.1) is 0 Å². The van der Waals surface area contributed by atoms with Gasteiger partial charge in [-0.25, -0.2) is 4.79 Å². The number of carbonyl (C=O) groups is 2. The maximum atomic E-state index is 12.3. The molecule has 1 saturated heterocycles. The van der Waals surface area contributed by atoms with Gasteiger partial charge in [-0.3, -0.25) is 9.78 Å². The Bertz CT molecular complexity index is 494. The van der Waals surface area contributed by atoms with E-state index in [4.69, 9.17) is 0 Å². The van der Waals surface area contributed by atoms with Gasteiger partial charge in [0, 0.05) is 38.4 Å². The number of nitrogens with zero attached hydrogens (tertiary/aromatic N) is 3. The number of likely N-dealkylation sites (tertiary alicyclic amines) is 1. The van der Waals surface area contributed by atoms with Crippen LogP contribution < -0.4 is 5.32 Å². The molecule has 1 fully saturated rings. The van der Waals surface area contributed by atoms with E-state index in [2.05, 4.69) is 10.3 Å². The molecule has 2 rings (SSSR count). The molecule has 1 aromatic rings. The topological polar surface area (TPSA) is 65.5 Å². The van der Waals surface area contributed by atoms with E-state index in [1.165, 1.54) is 0 Å². The molecular weight excluding hydrogens is 280 g/mol. The highest BCUT2D eigenvalue weighted by Gasteiger charge is 2.26. The summed E-state index contributed by atoms with van der Waals surface area (Å²) in [5.74, 6) is -0.144. The van der Waals surface area contributed by atoms with E-state index in [0.717, 1.165) is 25.9 Å². The van der Waals surface area contributed by atoms with Crippen molar-refractivity contribution in [1.82, 2.24) is 20.1 Å². The third-order valence-electron chi connectivity index (χ3n) is 4.03. The molecule has 0 aromatic carbocycles. The van der Waals surface area contributed by atoms with Crippen molar-refractivity contribution in [2.75, 3.05) is 26.2 Å². The van der Waals surface area contributed by atoms with Crippen molar-refractivity contribution in [1.29, 1.82) is 0 Å². The highest BCUT2D eigenvalue weighted by atomic mass is 16.2. The quantitative estimate of drug-likeness (QED) is 0.921. The lowest BCUT2D eigenvalue weighted by Gasteiger charge is -2.35. The first-order valence-corrected chi connectivity index (χ1v) is 7.91. The van der Waals surface area contributed by atoms with E-state index in [0.29, 0.717) is 18.8 Å². The minimum absolute atomic E-state index is 0.0968. The van der Waals surface area contributed by atoms with Gasteiger partial charge in [-0.05, 0) is 38.8 Å². The van der Waals surface area contributed by atoms with E-state index in [1.54, 1.807) is 24.4 Å². The lowest BCUT2D eigenvalue weighted by atomic mass is 10.1. The third kappa shape index (κ3) is 3.96. The summed E-state index contributed by atoms with van der Waals surface area (Å²) in [6.07, 6.45) is 3.18. The molecule has 6 heteroatoms. The zero-order chi connectivity index (χ0) is 15.9. The summed E-state index contributed by atoms with van der Waals surface area (Å²) in [6.45, 7) is 6.80. The van der Waals surface area contributed by atoms with E-state index in [1.807, 2.05) is 23.6 Å². The first kappa shape index (κ1) is 16.3. The number of pyridine rings is 1. The van der Waals surface area contributed by atoms with E-state index in [9.17, 15) is 9.59 Å². The number of urea groups is 1. The van der Waals surface area contributed by atoms with Crippen LogP contribution in [-0.2, 0) is 0 Å². The normalized spacial score (nSPS) is 15.5. The second-order valence-electron chi connectivity index (χ2n) is 5.40. The highest BCUT2D eigenvalue weighted by molar-refractivity contribution is 5.92. The van der Waals surface area contributed by atoms with Gasteiger partial charge in [-0.15, -0.1) is 0 Å². The Kier molecular flexibility index (Phi) is 5.75. The fourth-order valence-corrected chi connectivity index (χ4v) is 2.67. The molecule has 0 saturated carbocycles. The molecule has 3 amide bonds. The number of hydrogen-bond acceptors (Lipinski definition) is 3. The summed E-state index contributed by atoms with van der Waals surface area (Å²) in [5.41, 5.74) is 0.434. The fraction of sp³-hybridized carbons (Fsp3) is 0.562. The second-order valence-corrected chi connectivity index (χ2v) is 5.40. The van der Waals surface area contributed by atoms with Crippen LogP contribution >= 0.6 is 0 Å². The van der Waals surface area contributed by atoms with Crippen LogP contribution in [0.5, 0.6) is 0 Å². The molecule has 0 bridgehead atoms. The van der Waals surface area contributed by atoms with Crippen LogP contribution in [-0.4, -0.2) is 58.9 Å². The average molecular weight is 304 g/mol. The Morgan fingerprint density at radius 1 is 1.27 bits per heavy atom. The van der Waals surface area contributed by atoms with Gasteiger partial charge in [-0.2, -0.15) is 0 Å². The summed E-state index contributed by atoms with van der Waals surface area (Å²) < 4.78 is 0. The number of rotatable bonds is 4. The predicted octanol–water partition coefficient (Wildman–Crippen LogP) is 1.74. The maximum Gasteiger partial charge on any atom is 0.319 e. The molecule has 0 atom stereocenters. The molecule has 22 heavy (non-hydrogen) atoms. The number of aromatic nitrogens is 1. The van der Waals surface area contributed by atoms with Gasteiger partial charge in [0.05, 0.1) is 0 Å². The summed E-state index contributed by atoms with van der Waals surface area (Å²) in [7, 11) is 0. The monoisotopic (exact) mass is 304 g/mol. The molecule has 2 heterocycles. The predicted molar refractivity (Wildman–Crippen MR) is 84.6 cm³/mol. The molecule has 1 N–H and O–H groups in total. The van der Waals surface area contributed by atoms with Crippen molar-refractivity contribution in [2.45, 2.75) is 32.7 Å². The number of piperidine rings is 1. The van der Waals surface area contributed by atoms with Gasteiger partial charge in [0.25, 0.3) is 5.91 Å². The van der Waals surface area contributed by atoms with Crippen LogP contribution in [0.15, 0.2) is 24.4 Å². The van der Waals surface area contributed by atoms with Gasteiger partial charge in [0.2, 0.25) is 0 Å². The maximum absolute atomic E-state index is 12.3. The first-order valence-electron chi connectivity index (χ1n) is 7.91. The second kappa shape index (κ2) is 7.77. The Hall–Kier alpha value is -2.11. The molecule has 1 aliphatic heterocycles. The number of amides is 3. The molecule has 1 aliphatic rings. The van der Waals surface area contributed by atoms with Crippen LogP contribution in [0.4, 0.5) is 4.79 Å². The van der Waals surface area contributed by atoms with Crippen LogP contribution in [0.1, 0.15) is 37.2 Å². The minimum atomic E-state index is -0.144. The lowest BCUT2D eigenvalue weighted by Crippen LogP contribution is -2.50. The van der Waals surface area contributed by atoms with Crippen molar-refractivity contribution in [3.63, 3.8) is 0 Å². The first-order chi connectivity index (χ1) is 10.7. The van der Waals surface area contributed by atoms with Crippen LogP contribution in [0.3, 0.4) is 0 Å². The molecular formula is C16H24N4O2. The number of hydrogen-bond donors (Lipinski definition) is 1. The Morgan fingerprint density at radius 2 is 1.95 bits per heavy atom. The van der Waals surface area contributed by atoms with E-state index < -0.39 is 0 Å². The van der Waals surface area contributed by atoms with Crippen molar-refractivity contribution < 1.29 is 9.59 Å². The SMILES string of the molecule is CCN(CC)C(=O)N1CCC(NC(=O)c2ccccn2)CC1. The van der Waals surface area contributed by atoms with Crippen molar-refractivity contribution in [2.24, 2.45) is 0 Å². The molecule has 0 radical (unpaired) electrons. The molecule has 1 aromatic heterocycles. The van der Waals surface area contributed by atoms with Gasteiger partial charge >= 0.3 is 6.03 Å².